The summed E-state index contributed by atoms with van der Waals surface area (Å²) in [5.41, 5.74) is 2.77. The number of halogens is 2. The molecule has 1 amide bonds. The number of hydrogen-bond acceptors (Lipinski definition) is 7. The van der Waals surface area contributed by atoms with E-state index in [0.29, 0.717) is 12.5 Å². The lowest BCUT2D eigenvalue weighted by molar-refractivity contribution is -0.142. The minimum Gasteiger partial charge on any atom is -0.467 e. The van der Waals surface area contributed by atoms with Crippen LogP contribution in [0.15, 0.2) is 91.4 Å². The molecule has 0 spiro atoms. The van der Waals surface area contributed by atoms with Crippen LogP contribution >= 0.6 is 23.2 Å². The Hall–Kier alpha value is -4.27. The monoisotopic (exact) mass is 561 g/mol. The van der Waals surface area contributed by atoms with Crippen molar-refractivity contribution in [2.45, 2.75) is 19.0 Å². The molecular weight excluding hydrogens is 537 g/mol. The van der Waals surface area contributed by atoms with E-state index in [1.165, 1.54) is 7.11 Å². The molecule has 8 nitrogen and oxygen atoms in total. The maximum atomic E-state index is 12.8. The van der Waals surface area contributed by atoms with E-state index in [1.807, 2.05) is 53.4 Å². The molecule has 2 aromatic heterocycles. The SMILES string of the molecule is COC(=O)C(CC=Cc1ccc(N(Cc2ccccn2)c2ncccn2)cc1)NC(=O)c1c(Cl)cccc1Cl. The van der Waals surface area contributed by atoms with Crippen LogP contribution in [0.25, 0.3) is 6.08 Å². The van der Waals surface area contributed by atoms with E-state index in [4.69, 9.17) is 27.9 Å². The lowest BCUT2D eigenvalue weighted by Crippen LogP contribution is -2.41. The number of carbonyl (C=O) groups is 2. The highest BCUT2D eigenvalue weighted by molar-refractivity contribution is 6.39. The number of amides is 1. The van der Waals surface area contributed by atoms with Gasteiger partial charge in [0.05, 0.1) is 35.0 Å². The van der Waals surface area contributed by atoms with Gasteiger partial charge in [-0.25, -0.2) is 14.8 Å². The molecule has 2 heterocycles. The average Bonchev–Trinajstić information content (AvgIpc) is 2.96. The predicted octanol–water partition coefficient (Wildman–Crippen LogP) is 5.89. The molecule has 0 saturated heterocycles. The summed E-state index contributed by atoms with van der Waals surface area (Å²) in [4.78, 5) is 40.3. The van der Waals surface area contributed by atoms with Crippen molar-refractivity contribution in [3.05, 3.63) is 118 Å². The summed E-state index contributed by atoms with van der Waals surface area (Å²) in [5.74, 6) is -0.587. The zero-order chi connectivity index (χ0) is 27.6. The van der Waals surface area contributed by atoms with Crippen LogP contribution in [-0.2, 0) is 16.1 Å². The number of esters is 1. The predicted molar refractivity (Wildman–Crippen MR) is 152 cm³/mol. The second-order valence-electron chi connectivity index (χ2n) is 8.33. The van der Waals surface area contributed by atoms with Crippen molar-refractivity contribution in [1.29, 1.82) is 0 Å². The minimum atomic E-state index is -0.922. The Bertz CT molecular complexity index is 1410. The minimum absolute atomic E-state index is 0.104. The fourth-order valence-electron chi connectivity index (χ4n) is 3.77. The van der Waals surface area contributed by atoms with Gasteiger partial charge in [-0.3, -0.25) is 9.78 Å². The Morgan fingerprint density at radius 3 is 2.26 bits per heavy atom. The quantitative estimate of drug-likeness (QED) is 0.241. The molecule has 0 radical (unpaired) electrons. The van der Waals surface area contributed by atoms with E-state index < -0.39 is 17.9 Å². The Kier molecular flexibility index (Phi) is 9.61. The van der Waals surface area contributed by atoms with Gasteiger partial charge in [0, 0.05) is 24.3 Å². The van der Waals surface area contributed by atoms with Crippen molar-refractivity contribution in [2.24, 2.45) is 0 Å². The van der Waals surface area contributed by atoms with E-state index >= 15 is 0 Å². The molecule has 0 aliphatic rings. The third-order valence-corrected chi connectivity index (χ3v) is 6.34. The van der Waals surface area contributed by atoms with Gasteiger partial charge in [0.15, 0.2) is 0 Å². The number of nitrogens with one attached hydrogen (secondary N) is 1. The molecule has 39 heavy (non-hydrogen) atoms. The largest absolute Gasteiger partial charge is 0.467 e. The van der Waals surface area contributed by atoms with Crippen LogP contribution < -0.4 is 10.2 Å². The summed E-state index contributed by atoms with van der Waals surface area (Å²) in [6.45, 7) is 0.496. The molecule has 1 atom stereocenters. The number of carbonyl (C=O) groups excluding carboxylic acids is 2. The third-order valence-electron chi connectivity index (χ3n) is 5.71. The van der Waals surface area contributed by atoms with Crippen molar-refractivity contribution >= 4 is 52.8 Å². The topological polar surface area (TPSA) is 97.3 Å². The molecular formula is C29H25Cl2N5O3. The van der Waals surface area contributed by atoms with E-state index in [2.05, 4.69) is 20.3 Å². The van der Waals surface area contributed by atoms with E-state index in [9.17, 15) is 9.59 Å². The van der Waals surface area contributed by atoms with Crippen molar-refractivity contribution < 1.29 is 14.3 Å². The van der Waals surface area contributed by atoms with Gasteiger partial charge in [0.1, 0.15) is 6.04 Å². The first-order valence-electron chi connectivity index (χ1n) is 12.0. The zero-order valence-corrected chi connectivity index (χ0v) is 22.5. The molecule has 4 rings (SSSR count). The smallest absolute Gasteiger partial charge is 0.328 e. The molecule has 1 N–H and O–H groups in total. The molecule has 1 unspecified atom stereocenters. The number of pyridine rings is 1. The van der Waals surface area contributed by atoms with Gasteiger partial charge in [-0.1, -0.05) is 59.6 Å². The molecule has 10 heteroatoms. The lowest BCUT2D eigenvalue weighted by atomic mass is 10.1. The molecule has 0 aliphatic heterocycles. The second kappa shape index (κ2) is 13.5. The lowest BCUT2D eigenvalue weighted by Gasteiger charge is -2.22. The first-order valence-corrected chi connectivity index (χ1v) is 12.8. The molecule has 4 aromatic rings. The fourth-order valence-corrected chi connectivity index (χ4v) is 4.34. The number of rotatable bonds is 10. The molecule has 0 aliphatic carbocycles. The van der Waals surface area contributed by atoms with Gasteiger partial charge < -0.3 is 15.0 Å². The number of methoxy groups -OCH3 is 1. The van der Waals surface area contributed by atoms with Crippen molar-refractivity contribution in [3.63, 3.8) is 0 Å². The summed E-state index contributed by atoms with van der Waals surface area (Å²) in [7, 11) is 1.26. The van der Waals surface area contributed by atoms with Gasteiger partial charge in [-0.15, -0.1) is 0 Å². The van der Waals surface area contributed by atoms with Gasteiger partial charge in [0.25, 0.3) is 5.91 Å². The Labute approximate surface area is 236 Å². The molecule has 198 valence electrons. The van der Waals surface area contributed by atoms with Crippen LogP contribution in [0.5, 0.6) is 0 Å². The van der Waals surface area contributed by atoms with Crippen LogP contribution in [0.1, 0.15) is 28.0 Å². The Morgan fingerprint density at radius 1 is 0.923 bits per heavy atom. The molecule has 0 saturated carbocycles. The number of aromatic nitrogens is 3. The highest BCUT2D eigenvalue weighted by atomic mass is 35.5. The summed E-state index contributed by atoms with van der Waals surface area (Å²) < 4.78 is 4.87. The average molecular weight is 562 g/mol. The van der Waals surface area contributed by atoms with Crippen LogP contribution in [0, 0.1) is 0 Å². The van der Waals surface area contributed by atoms with Gasteiger partial charge >= 0.3 is 5.97 Å². The maximum absolute atomic E-state index is 12.8. The normalized spacial score (nSPS) is 11.7. The second-order valence-corrected chi connectivity index (χ2v) is 9.15. The van der Waals surface area contributed by atoms with Crippen LogP contribution in [0.2, 0.25) is 10.0 Å². The summed E-state index contributed by atoms with van der Waals surface area (Å²) >= 11 is 12.3. The number of nitrogens with zero attached hydrogens (tertiary/aromatic N) is 4. The van der Waals surface area contributed by atoms with Crippen LogP contribution in [-0.4, -0.2) is 40.0 Å². The number of anilines is 2. The zero-order valence-electron chi connectivity index (χ0n) is 21.0. The summed E-state index contributed by atoms with van der Waals surface area (Å²) in [6, 6.07) is 19.1. The number of benzene rings is 2. The Morgan fingerprint density at radius 2 is 1.62 bits per heavy atom. The van der Waals surface area contributed by atoms with Gasteiger partial charge in [-0.05, 0) is 54.4 Å². The summed E-state index contributed by atoms with van der Waals surface area (Å²) in [6.07, 6.45) is 8.99. The molecule has 0 bridgehead atoms. The molecule has 0 fully saturated rings. The van der Waals surface area contributed by atoms with Crippen LogP contribution in [0.4, 0.5) is 11.6 Å². The van der Waals surface area contributed by atoms with Crippen molar-refractivity contribution in [2.75, 3.05) is 12.0 Å². The number of ether oxygens (including phenoxy) is 1. The highest BCUT2D eigenvalue weighted by Crippen LogP contribution is 2.26. The number of hydrogen-bond donors (Lipinski definition) is 1. The Balaban J connectivity index is 1.47. The van der Waals surface area contributed by atoms with Crippen molar-refractivity contribution in [3.8, 4) is 0 Å². The van der Waals surface area contributed by atoms with Crippen molar-refractivity contribution in [1.82, 2.24) is 20.3 Å². The van der Waals surface area contributed by atoms with E-state index in [1.54, 1.807) is 48.9 Å². The summed E-state index contributed by atoms with van der Waals surface area (Å²) in [5, 5.41) is 3.04. The highest BCUT2D eigenvalue weighted by Gasteiger charge is 2.23. The maximum Gasteiger partial charge on any atom is 0.328 e. The van der Waals surface area contributed by atoms with Crippen LogP contribution in [0.3, 0.4) is 0 Å². The molecule has 2 aromatic carbocycles. The first kappa shape index (κ1) is 27.8. The van der Waals surface area contributed by atoms with E-state index in [0.717, 1.165) is 16.9 Å². The first-order chi connectivity index (χ1) is 19.0. The van der Waals surface area contributed by atoms with E-state index in [-0.39, 0.29) is 22.0 Å². The van der Waals surface area contributed by atoms with Gasteiger partial charge in [-0.2, -0.15) is 0 Å². The third kappa shape index (κ3) is 7.40. The fraction of sp³-hybridized carbons (Fsp3) is 0.138. The standard InChI is InChI=1S/C29H25Cl2N5O3/c1-39-28(38)25(35-27(37)26-23(30)9-5-10-24(26)31)11-4-7-20-12-14-22(15-13-20)36(29-33-17-6-18-34-29)19-21-8-2-3-16-32-21/h2-10,12-18,25H,11,19H2,1H3,(H,35,37). The van der Waals surface area contributed by atoms with Gasteiger partial charge in [0.2, 0.25) is 5.95 Å².